The van der Waals surface area contributed by atoms with Crippen LogP contribution in [0.4, 0.5) is 0 Å². The van der Waals surface area contributed by atoms with Gasteiger partial charge >= 0.3 is 0 Å². The van der Waals surface area contributed by atoms with Crippen LogP contribution >= 0.6 is 23.2 Å². The minimum Gasteiger partial charge on any atom is -0.487 e. The number of hydrogen-bond donors (Lipinski definition) is 1. The van der Waals surface area contributed by atoms with E-state index in [1.165, 1.54) is 0 Å². The average Bonchev–Trinajstić information content (AvgIpc) is 2.46. The normalized spacial score (nSPS) is 10.1. The van der Waals surface area contributed by atoms with Gasteiger partial charge in [-0.05, 0) is 29.8 Å². The molecule has 0 bridgehead atoms. The molecule has 2 aromatic carbocycles. The second kappa shape index (κ2) is 6.62. The maximum Gasteiger partial charge on any atom is 0.138 e. The first kappa shape index (κ1) is 14.7. The lowest BCUT2D eigenvalue weighted by atomic mass is 10.1. The second-order valence-electron chi connectivity index (χ2n) is 4.13. The van der Waals surface area contributed by atoms with Crippen LogP contribution in [0.15, 0.2) is 36.4 Å². The number of halogens is 2. The summed E-state index contributed by atoms with van der Waals surface area (Å²) in [4.78, 5) is 0. The van der Waals surface area contributed by atoms with E-state index in [0.717, 1.165) is 11.1 Å². The van der Waals surface area contributed by atoms with E-state index >= 15 is 0 Å². The van der Waals surface area contributed by atoms with Crippen molar-refractivity contribution < 1.29 is 9.84 Å². The van der Waals surface area contributed by atoms with Crippen LogP contribution in [0.25, 0.3) is 0 Å². The molecule has 0 radical (unpaired) electrons. The second-order valence-corrected chi connectivity index (χ2v) is 4.94. The molecule has 3 nitrogen and oxygen atoms in total. The molecule has 0 aliphatic rings. The zero-order chi connectivity index (χ0) is 14.5. The number of hydrogen-bond acceptors (Lipinski definition) is 3. The Labute approximate surface area is 126 Å². The number of aliphatic hydroxyl groups is 1. The number of rotatable bonds is 4. The van der Waals surface area contributed by atoms with Crippen molar-refractivity contribution in [3.63, 3.8) is 0 Å². The summed E-state index contributed by atoms with van der Waals surface area (Å²) in [5.74, 6) is 0.518. The van der Waals surface area contributed by atoms with Crippen LogP contribution < -0.4 is 4.74 Å². The van der Waals surface area contributed by atoms with E-state index in [0.29, 0.717) is 21.4 Å². The van der Waals surface area contributed by atoms with Crippen molar-refractivity contribution in [3.8, 4) is 11.8 Å². The summed E-state index contributed by atoms with van der Waals surface area (Å²) in [7, 11) is 0. The molecule has 0 fully saturated rings. The summed E-state index contributed by atoms with van der Waals surface area (Å²) in [6, 6.07) is 12.1. The van der Waals surface area contributed by atoms with Gasteiger partial charge in [0.05, 0.1) is 23.3 Å². The highest BCUT2D eigenvalue weighted by atomic mass is 35.5. The van der Waals surface area contributed by atoms with Gasteiger partial charge in [-0.2, -0.15) is 5.26 Å². The van der Waals surface area contributed by atoms with E-state index in [-0.39, 0.29) is 13.2 Å². The number of nitriles is 1. The fraction of sp³-hybridized carbons (Fsp3) is 0.133. The molecule has 0 spiro atoms. The van der Waals surface area contributed by atoms with Gasteiger partial charge in [-0.15, -0.1) is 0 Å². The standard InChI is InChI=1S/C15H11Cl2NO2/c16-13-5-10(7-18)1-3-12(13)9-20-15-4-2-11(8-19)6-14(15)17/h1-6,19H,8-9H2. The highest BCUT2D eigenvalue weighted by Gasteiger charge is 2.06. The van der Waals surface area contributed by atoms with E-state index in [1.54, 1.807) is 36.4 Å². The van der Waals surface area contributed by atoms with Crippen molar-refractivity contribution >= 4 is 23.2 Å². The summed E-state index contributed by atoms with van der Waals surface area (Å²) >= 11 is 12.1. The summed E-state index contributed by atoms with van der Waals surface area (Å²) in [6.07, 6.45) is 0. The molecule has 0 saturated heterocycles. The van der Waals surface area contributed by atoms with Crippen molar-refractivity contribution in [2.24, 2.45) is 0 Å². The van der Waals surface area contributed by atoms with Crippen LogP contribution in [0.5, 0.6) is 5.75 Å². The Balaban J connectivity index is 2.11. The Morgan fingerprint density at radius 2 is 1.90 bits per heavy atom. The summed E-state index contributed by atoms with van der Waals surface area (Å²) in [6.45, 7) is 0.185. The zero-order valence-corrected chi connectivity index (χ0v) is 11.9. The molecule has 0 unspecified atom stereocenters. The fourth-order valence-electron chi connectivity index (χ4n) is 1.65. The van der Waals surface area contributed by atoms with E-state index in [2.05, 4.69) is 0 Å². The first-order chi connectivity index (χ1) is 9.63. The van der Waals surface area contributed by atoms with E-state index in [1.807, 2.05) is 6.07 Å². The highest BCUT2D eigenvalue weighted by Crippen LogP contribution is 2.27. The van der Waals surface area contributed by atoms with Crippen molar-refractivity contribution in [2.45, 2.75) is 13.2 Å². The summed E-state index contributed by atoms with van der Waals surface area (Å²) in [5, 5.41) is 18.7. The third kappa shape index (κ3) is 3.43. The van der Waals surface area contributed by atoms with Gasteiger partial charge in [-0.25, -0.2) is 0 Å². The van der Waals surface area contributed by atoms with Crippen molar-refractivity contribution in [3.05, 3.63) is 63.1 Å². The highest BCUT2D eigenvalue weighted by molar-refractivity contribution is 6.32. The molecule has 0 heterocycles. The summed E-state index contributed by atoms with van der Waals surface area (Å²) < 4.78 is 5.60. The Kier molecular flexibility index (Phi) is 4.86. The van der Waals surface area contributed by atoms with Crippen LogP contribution in [0.1, 0.15) is 16.7 Å². The molecule has 0 aliphatic carbocycles. The Hall–Kier alpha value is -1.73. The third-order valence-corrected chi connectivity index (χ3v) is 3.39. The van der Waals surface area contributed by atoms with Gasteiger partial charge in [0.1, 0.15) is 12.4 Å². The lowest BCUT2D eigenvalue weighted by molar-refractivity contribution is 0.281. The van der Waals surface area contributed by atoms with Gasteiger partial charge in [-0.3, -0.25) is 0 Å². The minimum atomic E-state index is -0.0680. The molecular weight excluding hydrogens is 297 g/mol. The molecule has 0 aromatic heterocycles. The number of ether oxygens (including phenoxy) is 1. The van der Waals surface area contributed by atoms with Crippen LogP contribution in [0.2, 0.25) is 10.0 Å². The Morgan fingerprint density at radius 3 is 2.50 bits per heavy atom. The topological polar surface area (TPSA) is 53.2 Å². The lowest BCUT2D eigenvalue weighted by Gasteiger charge is -2.10. The Bertz CT molecular complexity index is 665. The molecule has 0 atom stereocenters. The summed E-state index contributed by atoms with van der Waals surface area (Å²) in [5.41, 5.74) is 2.00. The first-order valence-corrected chi connectivity index (χ1v) is 6.60. The smallest absolute Gasteiger partial charge is 0.138 e. The maximum atomic E-state index is 9.00. The molecule has 1 N–H and O–H groups in total. The lowest BCUT2D eigenvalue weighted by Crippen LogP contribution is -1.97. The van der Waals surface area contributed by atoms with Gasteiger partial charge < -0.3 is 9.84 Å². The molecule has 0 amide bonds. The van der Waals surface area contributed by atoms with Gasteiger partial charge in [0.2, 0.25) is 0 Å². The number of benzene rings is 2. The predicted octanol–water partition coefficient (Wildman–Crippen LogP) is 3.94. The van der Waals surface area contributed by atoms with E-state index in [9.17, 15) is 0 Å². The molecule has 2 aromatic rings. The number of aliphatic hydroxyl groups excluding tert-OH is 1. The third-order valence-electron chi connectivity index (χ3n) is 2.74. The minimum absolute atomic E-state index is 0.0680. The van der Waals surface area contributed by atoms with E-state index < -0.39 is 0 Å². The predicted molar refractivity (Wildman–Crippen MR) is 77.9 cm³/mol. The van der Waals surface area contributed by atoms with Gasteiger partial charge in [0.25, 0.3) is 0 Å². The monoisotopic (exact) mass is 307 g/mol. The quantitative estimate of drug-likeness (QED) is 0.931. The van der Waals surface area contributed by atoms with Gasteiger partial charge in [0.15, 0.2) is 0 Å². The molecule has 20 heavy (non-hydrogen) atoms. The van der Waals surface area contributed by atoms with Crippen molar-refractivity contribution in [1.82, 2.24) is 0 Å². The van der Waals surface area contributed by atoms with Crippen molar-refractivity contribution in [1.29, 1.82) is 5.26 Å². The Morgan fingerprint density at radius 1 is 1.10 bits per heavy atom. The molecule has 2 rings (SSSR count). The zero-order valence-electron chi connectivity index (χ0n) is 10.4. The van der Waals surface area contributed by atoms with Crippen molar-refractivity contribution in [2.75, 3.05) is 0 Å². The average molecular weight is 308 g/mol. The molecule has 102 valence electrons. The van der Waals surface area contributed by atoms with Crippen LogP contribution in [0, 0.1) is 11.3 Å². The fourth-order valence-corrected chi connectivity index (χ4v) is 2.14. The maximum absolute atomic E-state index is 9.00. The van der Waals surface area contributed by atoms with Gasteiger partial charge in [0, 0.05) is 10.6 Å². The van der Waals surface area contributed by atoms with Crippen LogP contribution in [-0.2, 0) is 13.2 Å². The largest absolute Gasteiger partial charge is 0.487 e. The molecule has 0 aliphatic heterocycles. The molecule has 5 heteroatoms. The number of nitrogens with zero attached hydrogens (tertiary/aromatic N) is 1. The first-order valence-electron chi connectivity index (χ1n) is 5.84. The van der Waals surface area contributed by atoms with Crippen LogP contribution in [-0.4, -0.2) is 5.11 Å². The molecule has 0 saturated carbocycles. The van der Waals surface area contributed by atoms with Crippen LogP contribution in [0.3, 0.4) is 0 Å². The molecular formula is C15H11Cl2NO2. The van der Waals surface area contributed by atoms with Gasteiger partial charge in [-0.1, -0.05) is 35.3 Å². The SMILES string of the molecule is N#Cc1ccc(COc2ccc(CO)cc2Cl)c(Cl)c1. The van der Waals surface area contributed by atoms with E-state index in [4.69, 9.17) is 38.3 Å².